The molecule has 2 aliphatic rings. The molecule has 0 unspecified atom stereocenters. The molecule has 0 saturated carbocycles. The molecule has 2 aliphatic heterocycles. The van der Waals surface area contributed by atoms with E-state index >= 15 is 0 Å². The van der Waals surface area contributed by atoms with Crippen molar-refractivity contribution in [3.05, 3.63) is 59.7 Å². The second-order valence-corrected chi connectivity index (χ2v) is 9.15. The van der Waals surface area contributed by atoms with Gasteiger partial charge in [0, 0.05) is 25.4 Å². The molecule has 0 atom stereocenters. The molecule has 1 N–H and O–H groups in total. The van der Waals surface area contributed by atoms with E-state index < -0.39 is 5.41 Å². The van der Waals surface area contributed by atoms with Gasteiger partial charge in [0.1, 0.15) is 12.4 Å². The van der Waals surface area contributed by atoms with Gasteiger partial charge in [-0.1, -0.05) is 42.7 Å². The van der Waals surface area contributed by atoms with Crippen molar-refractivity contribution in [2.75, 3.05) is 44.8 Å². The highest BCUT2D eigenvalue weighted by atomic mass is 16.5. The summed E-state index contributed by atoms with van der Waals surface area (Å²) < 4.78 is 11.5. The van der Waals surface area contributed by atoms with Gasteiger partial charge < -0.3 is 14.8 Å². The van der Waals surface area contributed by atoms with Gasteiger partial charge in [0.25, 0.3) is 0 Å². The fourth-order valence-electron chi connectivity index (χ4n) is 4.85. The molecule has 2 aromatic carbocycles. The first-order valence-corrected chi connectivity index (χ1v) is 12.1. The summed E-state index contributed by atoms with van der Waals surface area (Å²) in [6.45, 7) is 7.31. The predicted octanol–water partition coefficient (Wildman–Crippen LogP) is 4.94. The number of rotatable bonds is 7. The zero-order valence-corrected chi connectivity index (χ0v) is 19.3. The second kappa shape index (κ2) is 11.0. The number of ether oxygens (including phenoxy) is 2. The average molecular weight is 437 g/mol. The number of amides is 1. The minimum atomic E-state index is -0.549. The monoisotopic (exact) mass is 436 g/mol. The molecular formula is C27H36N2O3. The topological polar surface area (TPSA) is 50.8 Å². The van der Waals surface area contributed by atoms with E-state index in [1.165, 1.54) is 44.3 Å². The number of nitrogens with zero attached hydrogens (tertiary/aromatic N) is 1. The van der Waals surface area contributed by atoms with Gasteiger partial charge in [0.2, 0.25) is 5.91 Å². The molecule has 5 nitrogen and oxygen atoms in total. The number of aryl methyl sites for hydroxylation is 1. The van der Waals surface area contributed by atoms with E-state index in [0.29, 0.717) is 32.7 Å². The number of likely N-dealkylation sites (tertiary alicyclic amines) is 1. The number of carbonyl (C=O) groups excluding carboxylic acids is 1. The van der Waals surface area contributed by atoms with Crippen LogP contribution in [-0.4, -0.2) is 50.3 Å². The molecule has 0 radical (unpaired) electrons. The zero-order valence-electron chi connectivity index (χ0n) is 19.3. The van der Waals surface area contributed by atoms with Crippen LogP contribution in [0.5, 0.6) is 5.75 Å². The minimum absolute atomic E-state index is 0.0428. The largest absolute Gasteiger partial charge is 0.492 e. The van der Waals surface area contributed by atoms with Crippen LogP contribution >= 0.6 is 0 Å². The van der Waals surface area contributed by atoms with Crippen LogP contribution in [0, 0.1) is 6.92 Å². The van der Waals surface area contributed by atoms with E-state index in [0.717, 1.165) is 23.5 Å². The molecule has 0 spiro atoms. The van der Waals surface area contributed by atoms with E-state index in [-0.39, 0.29) is 5.91 Å². The fraction of sp³-hybridized carbons (Fsp3) is 0.519. The third-order valence-corrected chi connectivity index (χ3v) is 6.84. The van der Waals surface area contributed by atoms with Gasteiger partial charge in [-0.2, -0.15) is 0 Å². The van der Waals surface area contributed by atoms with Crippen molar-refractivity contribution in [3.63, 3.8) is 0 Å². The Hall–Kier alpha value is -2.37. The highest BCUT2D eigenvalue weighted by Crippen LogP contribution is 2.36. The number of carbonyl (C=O) groups is 1. The molecule has 32 heavy (non-hydrogen) atoms. The van der Waals surface area contributed by atoms with Crippen LogP contribution in [0.2, 0.25) is 0 Å². The van der Waals surface area contributed by atoms with Gasteiger partial charge >= 0.3 is 0 Å². The number of nitrogens with one attached hydrogen (secondary N) is 1. The molecule has 0 bridgehead atoms. The lowest BCUT2D eigenvalue weighted by Crippen LogP contribution is -2.44. The zero-order chi connectivity index (χ0) is 22.2. The summed E-state index contributed by atoms with van der Waals surface area (Å²) in [7, 11) is 0. The van der Waals surface area contributed by atoms with Crippen molar-refractivity contribution >= 4 is 11.6 Å². The van der Waals surface area contributed by atoms with Crippen LogP contribution in [0.15, 0.2) is 48.5 Å². The summed E-state index contributed by atoms with van der Waals surface area (Å²) in [4.78, 5) is 16.0. The summed E-state index contributed by atoms with van der Waals surface area (Å²) in [5, 5.41) is 3.15. The number of hydrogen-bond acceptors (Lipinski definition) is 4. The van der Waals surface area contributed by atoms with Gasteiger partial charge in [-0.25, -0.2) is 0 Å². The molecule has 0 aliphatic carbocycles. The maximum Gasteiger partial charge on any atom is 0.235 e. The summed E-state index contributed by atoms with van der Waals surface area (Å²) in [5.74, 6) is 0.888. The van der Waals surface area contributed by atoms with E-state index in [1.54, 1.807) is 0 Å². The lowest BCUT2D eigenvalue weighted by molar-refractivity contribution is -0.125. The Morgan fingerprint density at radius 2 is 1.75 bits per heavy atom. The standard InChI is InChI=1S/C27H36N2O3/c1-22-7-6-8-23(21-22)27(13-18-31-19-14-27)26(30)28-24-9-11-25(12-10-24)32-20-17-29-15-4-2-3-5-16-29/h6-12,21H,2-5,13-20H2,1H3,(H,28,30). The normalized spacial score (nSPS) is 19.2. The smallest absolute Gasteiger partial charge is 0.235 e. The quantitative estimate of drug-likeness (QED) is 0.668. The third kappa shape index (κ3) is 5.70. The van der Waals surface area contributed by atoms with Crippen LogP contribution in [0.3, 0.4) is 0 Å². The Morgan fingerprint density at radius 1 is 1.03 bits per heavy atom. The van der Waals surface area contributed by atoms with Crippen LogP contribution in [0.1, 0.15) is 49.7 Å². The highest BCUT2D eigenvalue weighted by molar-refractivity contribution is 5.99. The van der Waals surface area contributed by atoms with E-state index in [1.807, 2.05) is 30.3 Å². The lowest BCUT2D eigenvalue weighted by Gasteiger charge is -2.36. The summed E-state index contributed by atoms with van der Waals surface area (Å²) >= 11 is 0. The Balaban J connectivity index is 1.36. The Bertz CT molecular complexity index is 867. The van der Waals surface area contributed by atoms with Crippen molar-refractivity contribution in [3.8, 4) is 5.75 Å². The third-order valence-electron chi connectivity index (χ3n) is 6.84. The van der Waals surface area contributed by atoms with Gasteiger partial charge in [-0.05, 0) is 75.5 Å². The Morgan fingerprint density at radius 3 is 2.44 bits per heavy atom. The Labute approximate surface area is 192 Å². The maximum atomic E-state index is 13.5. The molecule has 1 amide bonds. The van der Waals surface area contributed by atoms with Gasteiger partial charge in [-0.3, -0.25) is 9.69 Å². The lowest BCUT2D eigenvalue weighted by atomic mass is 9.73. The molecule has 2 heterocycles. The van der Waals surface area contributed by atoms with Crippen molar-refractivity contribution in [2.45, 2.75) is 50.9 Å². The second-order valence-electron chi connectivity index (χ2n) is 9.15. The molecule has 2 fully saturated rings. The number of hydrogen-bond donors (Lipinski definition) is 1. The van der Waals surface area contributed by atoms with Crippen LogP contribution in [0.4, 0.5) is 5.69 Å². The predicted molar refractivity (Wildman–Crippen MR) is 128 cm³/mol. The molecule has 2 saturated heterocycles. The van der Waals surface area contributed by atoms with E-state index in [4.69, 9.17) is 9.47 Å². The summed E-state index contributed by atoms with van der Waals surface area (Å²) in [5.41, 5.74) is 2.50. The molecule has 0 aromatic heterocycles. The van der Waals surface area contributed by atoms with Crippen LogP contribution in [0.25, 0.3) is 0 Å². The molecular weight excluding hydrogens is 400 g/mol. The molecule has 5 heteroatoms. The Kier molecular flexibility index (Phi) is 7.82. The van der Waals surface area contributed by atoms with E-state index in [9.17, 15) is 4.79 Å². The molecule has 172 valence electrons. The number of anilines is 1. The van der Waals surface area contributed by atoms with Crippen LogP contribution < -0.4 is 10.1 Å². The SMILES string of the molecule is Cc1cccc(C2(C(=O)Nc3ccc(OCCN4CCCCCC4)cc3)CCOCC2)c1. The fourth-order valence-corrected chi connectivity index (χ4v) is 4.85. The first-order chi connectivity index (χ1) is 15.7. The molecule has 4 rings (SSSR count). The summed E-state index contributed by atoms with van der Waals surface area (Å²) in [6, 6.07) is 16.1. The minimum Gasteiger partial charge on any atom is -0.492 e. The van der Waals surface area contributed by atoms with Crippen molar-refractivity contribution in [1.29, 1.82) is 0 Å². The average Bonchev–Trinajstić information content (AvgIpc) is 3.09. The highest BCUT2D eigenvalue weighted by Gasteiger charge is 2.41. The first kappa shape index (κ1) is 22.8. The van der Waals surface area contributed by atoms with Gasteiger partial charge in [-0.15, -0.1) is 0 Å². The van der Waals surface area contributed by atoms with Crippen molar-refractivity contribution < 1.29 is 14.3 Å². The van der Waals surface area contributed by atoms with Gasteiger partial charge in [0.15, 0.2) is 0 Å². The number of benzene rings is 2. The molecule has 2 aromatic rings. The van der Waals surface area contributed by atoms with Crippen LogP contribution in [-0.2, 0) is 14.9 Å². The van der Waals surface area contributed by atoms with Crippen molar-refractivity contribution in [2.24, 2.45) is 0 Å². The first-order valence-electron chi connectivity index (χ1n) is 12.1. The van der Waals surface area contributed by atoms with Crippen molar-refractivity contribution in [1.82, 2.24) is 4.90 Å². The van der Waals surface area contributed by atoms with Gasteiger partial charge in [0.05, 0.1) is 5.41 Å². The maximum absolute atomic E-state index is 13.5. The summed E-state index contributed by atoms with van der Waals surface area (Å²) in [6.07, 6.45) is 6.68. The van der Waals surface area contributed by atoms with E-state index in [2.05, 4.69) is 35.3 Å².